The number of phenols is 1. The summed E-state index contributed by atoms with van der Waals surface area (Å²) in [5.41, 5.74) is 0.982. The van der Waals surface area contributed by atoms with E-state index in [9.17, 15) is 4.79 Å². The minimum absolute atomic E-state index is 0.0281. The molecule has 1 N–H and O–H groups in total. The van der Waals surface area contributed by atoms with E-state index in [0.717, 1.165) is 5.56 Å². The van der Waals surface area contributed by atoms with Crippen molar-refractivity contribution in [1.82, 2.24) is 0 Å². The van der Waals surface area contributed by atoms with Gasteiger partial charge in [-0.05, 0) is 30.7 Å². The fourth-order valence-corrected chi connectivity index (χ4v) is 0.943. The van der Waals surface area contributed by atoms with Gasteiger partial charge in [0.2, 0.25) is 0 Å². The van der Waals surface area contributed by atoms with Crippen LogP contribution in [0.1, 0.15) is 12.5 Å². The van der Waals surface area contributed by atoms with Crippen molar-refractivity contribution in [3.8, 4) is 5.75 Å². The van der Waals surface area contributed by atoms with Crippen LogP contribution in [0.4, 0.5) is 0 Å². The van der Waals surface area contributed by atoms with E-state index in [1.54, 1.807) is 36.4 Å². The van der Waals surface area contributed by atoms with E-state index in [1.807, 2.05) is 6.08 Å². The van der Waals surface area contributed by atoms with Gasteiger partial charge in [0.15, 0.2) is 5.78 Å². The summed E-state index contributed by atoms with van der Waals surface area (Å²) in [6.07, 6.45) is 6.83. The number of phenolic OH excluding ortho intramolecular Hbond substituents is 1. The molecule has 14 heavy (non-hydrogen) atoms. The highest BCUT2D eigenvalue weighted by Gasteiger charge is 1.86. The van der Waals surface area contributed by atoms with Crippen molar-refractivity contribution >= 4 is 11.9 Å². The number of carbonyl (C=O) groups is 1. The van der Waals surface area contributed by atoms with Gasteiger partial charge in [-0.15, -0.1) is 0 Å². The summed E-state index contributed by atoms with van der Waals surface area (Å²) in [5.74, 6) is 0.279. The summed E-state index contributed by atoms with van der Waals surface area (Å²) in [6, 6.07) is 6.84. The van der Waals surface area contributed by atoms with Gasteiger partial charge >= 0.3 is 0 Å². The second-order valence-corrected chi connectivity index (χ2v) is 2.92. The van der Waals surface area contributed by atoms with Crippen molar-refractivity contribution < 1.29 is 9.90 Å². The van der Waals surface area contributed by atoms with Crippen LogP contribution in [0, 0.1) is 0 Å². The molecule has 0 saturated carbocycles. The van der Waals surface area contributed by atoms with E-state index in [0.29, 0.717) is 0 Å². The third-order valence-electron chi connectivity index (χ3n) is 1.62. The molecule has 0 heterocycles. The summed E-state index contributed by atoms with van der Waals surface area (Å²) >= 11 is 0. The Labute approximate surface area is 83.2 Å². The van der Waals surface area contributed by atoms with Gasteiger partial charge in [0, 0.05) is 0 Å². The zero-order valence-corrected chi connectivity index (χ0v) is 7.97. The van der Waals surface area contributed by atoms with Crippen molar-refractivity contribution in [3.05, 3.63) is 48.1 Å². The number of hydrogen-bond donors (Lipinski definition) is 1. The molecule has 0 fully saturated rings. The Kier molecular flexibility index (Phi) is 3.68. The van der Waals surface area contributed by atoms with Gasteiger partial charge in [-0.2, -0.15) is 0 Å². The molecule has 1 aromatic rings. The first-order valence-corrected chi connectivity index (χ1v) is 4.33. The van der Waals surface area contributed by atoms with E-state index in [4.69, 9.17) is 5.11 Å². The van der Waals surface area contributed by atoms with E-state index in [2.05, 4.69) is 0 Å². The van der Waals surface area contributed by atoms with Gasteiger partial charge in [-0.25, -0.2) is 0 Å². The highest BCUT2D eigenvalue weighted by molar-refractivity contribution is 5.87. The average molecular weight is 188 g/mol. The lowest BCUT2D eigenvalue weighted by Crippen LogP contribution is -1.77. The third-order valence-corrected chi connectivity index (χ3v) is 1.62. The van der Waals surface area contributed by atoms with Crippen LogP contribution in [0.15, 0.2) is 42.5 Å². The number of aromatic hydroxyl groups is 1. The first-order valence-electron chi connectivity index (χ1n) is 4.33. The molecule has 72 valence electrons. The van der Waals surface area contributed by atoms with Gasteiger partial charge in [-0.1, -0.05) is 30.4 Å². The Morgan fingerprint density at radius 2 is 1.86 bits per heavy atom. The van der Waals surface area contributed by atoms with Crippen molar-refractivity contribution in [1.29, 1.82) is 0 Å². The van der Waals surface area contributed by atoms with Crippen LogP contribution in [0.2, 0.25) is 0 Å². The summed E-state index contributed by atoms with van der Waals surface area (Å²) in [6.45, 7) is 1.50. The maximum atomic E-state index is 10.5. The molecule has 0 aliphatic heterocycles. The van der Waals surface area contributed by atoms with Gasteiger partial charge in [0.1, 0.15) is 5.75 Å². The second-order valence-electron chi connectivity index (χ2n) is 2.92. The molecule has 1 aromatic carbocycles. The highest BCUT2D eigenvalue weighted by Crippen LogP contribution is 2.10. The van der Waals surface area contributed by atoms with Crippen LogP contribution in [-0.2, 0) is 4.79 Å². The van der Waals surface area contributed by atoms with Crippen molar-refractivity contribution in [2.24, 2.45) is 0 Å². The fourth-order valence-electron chi connectivity index (χ4n) is 0.943. The lowest BCUT2D eigenvalue weighted by molar-refractivity contribution is -0.112. The molecule has 0 spiro atoms. The predicted molar refractivity (Wildman–Crippen MR) is 57.0 cm³/mol. The largest absolute Gasteiger partial charge is 0.508 e. The Hall–Kier alpha value is -1.83. The van der Waals surface area contributed by atoms with E-state index in [1.165, 1.54) is 13.0 Å². The van der Waals surface area contributed by atoms with Gasteiger partial charge in [-0.3, -0.25) is 4.79 Å². The first kappa shape index (κ1) is 10.3. The molecule has 0 aliphatic rings. The number of hydrogen-bond acceptors (Lipinski definition) is 2. The fraction of sp³-hybridized carbons (Fsp3) is 0.0833. The molecule has 2 nitrogen and oxygen atoms in total. The number of rotatable bonds is 3. The van der Waals surface area contributed by atoms with Crippen LogP contribution in [0.3, 0.4) is 0 Å². The van der Waals surface area contributed by atoms with Crippen LogP contribution in [-0.4, -0.2) is 10.9 Å². The highest BCUT2D eigenvalue weighted by atomic mass is 16.3. The van der Waals surface area contributed by atoms with Gasteiger partial charge in [0.25, 0.3) is 0 Å². The maximum Gasteiger partial charge on any atom is 0.152 e. The second kappa shape index (κ2) is 5.02. The first-order chi connectivity index (χ1) is 6.68. The minimum Gasteiger partial charge on any atom is -0.508 e. The smallest absolute Gasteiger partial charge is 0.152 e. The Balaban J connectivity index is 2.60. The molecule has 0 bridgehead atoms. The van der Waals surface area contributed by atoms with E-state index in [-0.39, 0.29) is 11.5 Å². The van der Waals surface area contributed by atoms with Crippen LogP contribution in [0.25, 0.3) is 6.08 Å². The molecule has 0 aliphatic carbocycles. The zero-order valence-electron chi connectivity index (χ0n) is 7.97. The van der Waals surface area contributed by atoms with E-state index >= 15 is 0 Å². The standard InChI is InChI=1S/C12H12O2/c1-10(13)4-2-3-5-11-6-8-12(14)9-7-11/h2-9,14H,1H3/b4-2+,5-3+. The summed E-state index contributed by atoms with van der Waals surface area (Å²) in [4.78, 5) is 10.5. The molecule has 1 rings (SSSR count). The SMILES string of the molecule is CC(=O)/C=C/C=C/c1ccc(O)cc1. The monoisotopic (exact) mass is 188 g/mol. The topological polar surface area (TPSA) is 37.3 Å². The summed E-state index contributed by atoms with van der Waals surface area (Å²) in [5, 5.41) is 9.02. The van der Waals surface area contributed by atoms with E-state index < -0.39 is 0 Å². The van der Waals surface area contributed by atoms with Crippen molar-refractivity contribution in [2.75, 3.05) is 0 Å². The third kappa shape index (κ3) is 3.72. The lowest BCUT2D eigenvalue weighted by Gasteiger charge is -1.92. The van der Waals surface area contributed by atoms with Crippen LogP contribution < -0.4 is 0 Å². The lowest BCUT2D eigenvalue weighted by atomic mass is 10.2. The molecule has 0 unspecified atom stereocenters. The summed E-state index contributed by atoms with van der Waals surface area (Å²) in [7, 11) is 0. The minimum atomic E-state index is 0.0281. The molecule has 0 saturated heterocycles. The molecular formula is C12H12O2. The number of ketones is 1. The van der Waals surface area contributed by atoms with Crippen molar-refractivity contribution in [2.45, 2.75) is 6.92 Å². The molecule has 0 atom stereocenters. The predicted octanol–water partition coefficient (Wildman–Crippen LogP) is 2.55. The molecular weight excluding hydrogens is 176 g/mol. The van der Waals surface area contributed by atoms with Crippen LogP contribution >= 0.6 is 0 Å². The molecule has 0 radical (unpaired) electrons. The Bertz CT molecular complexity index is 358. The number of benzene rings is 1. The maximum absolute atomic E-state index is 10.5. The Morgan fingerprint density at radius 1 is 1.21 bits per heavy atom. The van der Waals surface area contributed by atoms with Gasteiger partial charge in [0.05, 0.1) is 0 Å². The van der Waals surface area contributed by atoms with Crippen LogP contribution in [0.5, 0.6) is 5.75 Å². The molecule has 0 aromatic heterocycles. The number of allylic oxidation sites excluding steroid dienone is 3. The average Bonchev–Trinajstić information content (AvgIpc) is 2.15. The Morgan fingerprint density at radius 3 is 2.43 bits per heavy atom. The zero-order chi connectivity index (χ0) is 10.4. The molecule has 0 amide bonds. The molecule has 2 heteroatoms. The normalized spacial score (nSPS) is 11.2. The number of carbonyl (C=O) groups excluding carboxylic acids is 1. The van der Waals surface area contributed by atoms with Gasteiger partial charge < -0.3 is 5.11 Å². The van der Waals surface area contributed by atoms with Crippen molar-refractivity contribution in [3.63, 3.8) is 0 Å². The summed E-state index contributed by atoms with van der Waals surface area (Å²) < 4.78 is 0. The quantitative estimate of drug-likeness (QED) is 0.584.